The second-order valence-electron chi connectivity index (χ2n) is 3.48. The normalized spacial score (nSPS) is 17.3. The van der Waals surface area contributed by atoms with E-state index in [1.807, 2.05) is 24.3 Å². The summed E-state index contributed by atoms with van der Waals surface area (Å²) in [5, 5.41) is 0.983. The van der Waals surface area contributed by atoms with E-state index in [1.165, 1.54) is 14.0 Å². The number of aromatic nitrogens is 1. The monoisotopic (exact) mass is 206 g/mol. The van der Waals surface area contributed by atoms with E-state index in [2.05, 4.69) is 4.98 Å². The van der Waals surface area contributed by atoms with Crippen LogP contribution in [0.25, 0.3) is 10.9 Å². The molecule has 0 saturated carbocycles. The van der Waals surface area contributed by atoms with Gasteiger partial charge in [0, 0.05) is 29.1 Å². The Hall–Kier alpha value is -1.28. The van der Waals surface area contributed by atoms with Crippen LogP contribution >= 0.6 is 0 Å². The van der Waals surface area contributed by atoms with Gasteiger partial charge in [-0.25, -0.2) is 0 Å². The van der Waals surface area contributed by atoms with E-state index in [-0.39, 0.29) is 6.42 Å². The highest BCUT2D eigenvalue weighted by Gasteiger charge is 2.03. The summed E-state index contributed by atoms with van der Waals surface area (Å²) in [6.07, 6.45) is 1.93. The van der Waals surface area contributed by atoms with Gasteiger partial charge in [0.1, 0.15) is 0 Å². The van der Waals surface area contributed by atoms with Crippen LogP contribution in [0.5, 0.6) is 0 Å². The van der Waals surface area contributed by atoms with Crippen molar-refractivity contribution in [2.45, 2.75) is 13.3 Å². The van der Waals surface area contributed by atoms with Crippen LogP contribution in [-0.4, -0.2) is 29.9 Å². The molecule has 2 nitrogen and oxygen atoms in total. The molecular weight excluding hydrogens is 184 g/mol. The minimum atomic E-state index is -1.75. The average molecular weight is 206 g/mol. The summed E-state index contributed by atoms with van der Waals surface area (Å²) in [6, 6.07) is 7.72. The minimum Gasteiger partial charge on any atom is -0.361 e. The average Bonchev–Trinajstić information content (AvgIpc) is 2.70. The molecular formula is C13H18N2. The first-order chi connectivity index (χ1) is 8.72. The molecule has 2 aromatic rings. The molecule has 0 amide bonds. The number of nitrogens with zero attached hydrogens (tertiary/aromatic N) is 1. The molecule has 0 aliphatic heterocycles. The van der Waals surface area contributed by atoms with Gasteiger partial charge in [0.25, 0.3) is 0 Å². The van der Waals surface area contributed by atoms with Crippen LogP contribution in [0.3, 0.4) is 0 Å². The molecule has 0 radical (unpaired) electrons. The van der Waals surface area contributed by atoms with E-state index in [1.54, 1.807) is 6.20 Å². The third kappa shape index (κ3) is 2.21. The number of aromatic amines is 1. The van der Waals surface area contributed by atoms with Gasteiger partial charge in [-0.15, -0.1) is 0 Å². The van der Waals surface area contributed by atoms with Crippen molar-refractivity contribution in [2.75, 3.05) is 20.0 Å². The third-order valence-corrected chi connectivity index (χ3v) is 2.52. The van der Waals surface area contributed by atoms with Crippen molar-refractivity contribution in [3.8, 4) is 0 Å². The van der Waals surface area contributed by atoms with Crippen LogP contribution in [-0.2, 0) is 6.42 Å². The Morgan fingerprint density at radius 2 is 2.20 bits per heavy atom. The number of para-hydroxylation sites is 1. The first-order valence-corrected chi connectivity index (χ1v) is 5.01. The van der Waals surface area contributed by atoms with Gasteiger partial charge in [-0.05, 0) is 31.6 Å². The van der Waals surface area contributed by atoms with E-state index in [0.29, 0.717) is 0 Å². The van der Waals surface area contributed by atoms with Gasteiger partial charge in [0.2, 0.25) is 0 Å². The Kier molecular flexibility index (Phi) is 1.90. The van der Waals surface area contributed by atoms with Gasteiger partial charge in [-0.2, -0.15) is 0 Å². The SMILES string of the molecule is [2H]C([2H])(C)N(C)C([2H])([2H])Cc1c[nH]c2ccccc12. The van der Waals surface area contributed by atoms with E-state index >= 15 is 0 Å². The fourth-order valence-corrected chi connectivity index (χ4v) is 1.56. The Labute approximate surface area is 96.5 Å². The highest BCUT2D eigenvalue weighted by molar-refractivity contribution is 5.83. The van der Waals surface area contributed by atoms with Crippen molar-refractivity contribution in [2.24, 2.45) is 0 Å². The van der Waals surface area contributed by atoms with Crippen molar-refractivity contribution >= 4 is 10.9 Å². The maximum absolute atomic E-state index is 8.08. The van der Waals surface area contributed by atoms with Crippen LogP contribution in [0.4, 0.5) is 0 Å². The lowest BCUT2D eigenvalue weighted by Crippen LogP contribution is -2.20. The Morgan fingerprint density at radius 1 is 1.40 bits per heavy atom. The molecule has 1 N–H and O–H groups in total. The van der Waals surface area contributed by atoms with Crippen molar-refractivity contribution in [1.82, 2.24) is 9.88 Å². The van der Waals surface area contributed by atoms with Gasteiger partial charge in [-0.1, -0.05) is 25.1 Å². The summed E-state index contributed by atoms with van der Waals surface area (Å²) >= 11 is 0. The minimum absolute atomic E-state index is 0.140. The Bertz CT molecular complexity index is 571. The van der Waals surface area contributed by atoms with Crippen molar-refractivity contribution in [1.29, 1.82) is 0 Å². The second kappa shape index (κ2) is 4.49. The topological polar surface area (TPSA) is 19.0 Å². The highest BCUT2D eigenvalue weighted by atomic mass is 15.1. The lowest BCUT2D eigenvalue weighted by atomic mass is 10.1. The molecule has 0 bridgehead atoms. The van der Waals surface area contributed by atoms with Gasteiger partial charge in [-0.3, -0.25) is 0 Å². The van der Waals surface area contributed by atoms with Crippen LogP contribution in [0.1, 0.15) is 18.0 Å². The molecule has 0 fully saturated rings. The molecule has 0 aliphatic carbocycles. The molecule has 2 heteroatoms. The maximum atomic E-state index is 8.08. The smallest absolute Gasteiger partial charge is 0.0456 e. The largest absolute Gasteiger partial charge is 0.361 e. The van der Waals surface area contributed by atoms with Gasteiger partial charge < -0.3 is 9.88 Å². The summed E-state index contributed by atoms with van der Waals surface area (Å²) in [6.45, 7) is -2.08. The second-order valence-corrected chi connectivity index (χ2v) is 3.48. The van der Waals surface area contributed by atoms with Gasteiger partial charge in [0.05, 0.1) is 0 Å². The molecule has 0 atom stereocenters. The van der Waals surface area contributed by atoms with E-state index in [0.717, 1.165) is 21.4 Å². The molecule has 80 valence electrons. The zero-order valence-electron chi connectivity index (χ0n) is 13.0. The summed E-state index contributed by atoms with van der Waals surface area (Å²) < 4.78 is 31.4. The summed E-state index contributed by atoms with van der Waals surface area (Å²) in [5.41, 5.74) is 1.83. The lowest BCUT2D eigenvalue weighted by Gasteiger charge is -2.12. The van der Waals surface area contributed by atoms with Gasteiger partial charge >= 0.3 is 0 Å². The predicted molar refractivity (Wildman–Crippen MR) is 65.2 cm³/mol. The van der Waals surface area contributed by atoms with Crippen LogP contribution in [0, 0.1) is 0 Å². The molecule has 0 aliphatic rings. The standard InChI is InChI=1S/C13H18N2/c1-3-15(2)9-8-11-10-14-13-7-5-4-6-12(11)13/h4-7,10,14H,3,8-9H2,1-2H3/i3D2,9D2. The van der Waals surface area contributed by atoms with Crippen LogP contribution < -0.4 is 0 Å². The number of aryl methyl sites for hydroxylation is 1. The molecule has 0 unspecified atom stereocenters. The zero-order valence-corrected chi connectivity index (χ0v) is 9.04. The Morgan fingerprint density at radius 3 is 3.00 bits per heavy atom. The van der Waals surface area contributed by atoms with Gasteiger partial charge in [0.15, 0.2) is 0 Å². The predicted octanol–water partition coefficient (Wildman–Crippen LogP) is 2.66. The number of fused-ring (bicyclic) bond motifs is 1. The molecule has 1 aromatic heterocycles. The number of likely N-dealkylation sites (N-methyl/N-ethyl adjacent to an activating group) is 1. The molecule has 1 heterocycles. The molecule has 1 aromatic carbocycles. The number of rotatable bonds is 4. The first-order valence-electron chi connectivity index (χ1n) is 7.01. The van der Waals surface area contributed by atoms with Crippen molar-refractivity contribution < 1.29 is 5.48 Å². The van der Waals surface area contributed by atoms with E-state index in [9.17, 15) is 0 Å². The summed E-state index contributed by atoms with van der Waals surface area (Å²) in [5.74, 6) is 0. The molecule has 0 saturated heterocycles. The lowest BCUT2D eigenvalue weighted by molar-refractivity contribution is 0.358. The fourth-order valence-electron chi connectivity index (χ4n) is 1.56. The third-order valence-electron chi connectivity index (χ3n) is 2.52. The summed E-state index contributed by atoms with van der Waals surface area (Å²) in [7, 11) is 1.47. The number of benzene rings is 1. The summed E-state index contributed by atoms with van der Waals surface area (Å²) in [4.78, 5) is 4.24. The number of nitrogens with one attached hydrogen (secondary N) is 1. The van der Waals surface area contributed by atoms with Crippen molar-refractivity contribution in [3.63, 3.8) is 0 Å². The number of hydrogen-bond acceptors (Lipinski definition) is 1. The zero-order chi connectivity index (χ0) is 14.3. The van der Waals surface area contributed by atoms with Crippen LogP contribution in [0.15, 0.2) is 30.5 Å². The van der Waals surface area contributed by atoms with E-state index in [4.69, 9.17) is 5.48 Å². The maximum Gasteiger partial charge on any atom is 0.0456 e. The van der Waals surface area contributed by atoms with E-state index < -0.39 is 13.0 Å². The highest BCUT2D eigenvalue weighted by Crippen LogP contribution is 2.17. The first kappa shape index (κ1) is 6.33. The fraction of sp³-hybridized carbons (Fsp3) is 0.385. The molecule has 2 rings (SSSR count). The molecule has 0 spiro atoms. The van der Waals surface area contributed by atoms with Crippen LogP contribution in [0.2, 0.25) is 0 Å². The number of hydrogen-bond donors (Lipinski definition) is 1. The Balaban J connectivity index is 2.30. The number of H-pyrrole nitrogens is 1. The van der Waals surface area contributed by atoms with Crippen molar-refractivity contribution in [3.05, 3.63) is 36.0 Å². The quantitative estimate of drug-likeness (QED) is 0.815. The molecule has 15 heavy (non-hydrogen) atoms.